The van der Waals surface area contributed by atoms with Crippen LogP contribution in [0.5, 0.6) is 0 Å². The van der Waals surface area contributed by atoms with Gasteiger partial charge in [-0.25, -0.2) is 9.67 Å². The lowest BCUT2D eigenvalue weighted by atomic mass is 10.2. The molecule has 1 aromatic heterocycles. The molecule has 6 heteroatoms. The number of guanidine groups is 1. The lowest BCUT2D eigenvalue weighted by Crippen LogP contribution is -2.41. The van der Waals surface area contributed by atoms with Crippen molar-refractivity contribution in [3.05, 3.63) is 47.3 Å². The summed E-state index contributed by atoms with van der Waals surface area (Å²) in [5.74, 6) is 0.854. The summed E-state index contributed by atoms with van der Waals surface area (Å²) in [5.41, 5.74) is 4.40. The van der Waals surface area contributed by atoms with Gasteiger partial charge in [0.2, 0.25) is 0 Å². The van der Waals surface area contributed by atoms with E-state index >= 15 is 0 Å². The first kappa shape index (κ1) is 21.0. The van der Waals surface area contributed by atoms with E-state index in [0.29, 0.717) is 6.54 Å². The van der Waals surface area contributed by atoms with Gasteiger partial charge in [0.25, 0.3) is 0 Å². The molecule has 2 N–H and O–H groups in total. The maximum atomic E-state index is 4.79. The van der Waals surface area contributed by atoms with Crippen LogP contribution in [0, 0.1) is 13.8 Å². The van der Waals surface area contributed by atoms with Crippen LogP contribution in [0.3, 0.4) is 0 Å². The van der Waals surface area contributed by atoms with E-state index in [2.05, 4.69) is 72.6 Å². The second-order valence-electron chi connectivity index (χ2n) is 6.62. The van der Waals surface area contributed by atoms with E-state index < -0.39 is 0 Å². The molecular weight excluding hydrogens is 336 g/mol. The summed E-state index contributed by atoms with van der Waals surface area (Å²) in [4.78, 5) is 7.19. The van der Waals surface area contributed by atoms with Crippen molar-refractivity contribution in [3.8, 4) is 5.69 Å². The summed E-state index contributed by atoms with van der Waals surface area (Å²) < 4.78 is 2.00. The van der Waals surface area contributed by atoms with Gasteiger partial charge in [0.05, 0.1) is 17.9 Å². The van der Waals surface area contributed by atoms with Crippen molar-refractivity contribution in [1.29, 1.82) is 0 Å². The number of nitrogens with one attached hydrogen (secondary N) is 2. The third-order valence-electron chi connectivity index (χ3n) is 4.60. The molecule has 6 nitrogen and oxygen atoms in total. The van der Waals surface area contributed by atoms with Gasteiger partial charge in [0.1, 0.15) is 0 Å². The fraction of sp³-hybridized carbons (Fsp3) is 0.524. The second kappa shape index (κ2) is 10.7. The van der Waals surface area contributed by atoms with Crippen LogP contribution in [-0.4, -0.2) is 53.4 Å². The smallest absolute Gasteiger partial charge is 0.191 e. The lowest BCUT2D eigenvalue weighted by Gasteiger charge is -2.19. The van der Waals surface area contributed by atoms with Gasteiger partial charge >= 0.3 is 0 Å². The highest BCUT2D eigenvalue weighted by Crippen LogP contribution is 2.17. The summed E-state index contributed by atoms with van der Waals surface area (Å²) in [5, 5.41) is 11.4. The van der Waals surface area contributed by atoms with E-state index in [9.17, 15) is 0 Å². The van der Waals surface area contributed by atoms with E-state index in [-0.39, 0.29) is 0 Å². The molecule has 1 heterocycles. The Bertz CT molecular complexity index is 730. The summed E-state index contributed by atoms with van der Waals surface area (Å²) in [7, 11) is 0. The van der Waals surface area contributed by atoms with Crippen LogP contribution in [0.2, 0.25) is 0 Å². The number of aliphatic imine (C=N–C) groups is 1. The monoisotopic (exact) mass is 370 g/mol. The third kappa shape index (κ3) is 6.10. The number of hydrogen-bond donors (Lipinski definition) is 2. The molecule has 0 radical (unpaired) electrons. The molecule has 27 heavy (non-hydrogen) atoms. The van der Waals surface area contributed by atoms with Crippen molar-refractivity contribution in [3.63, 3.8) is 0 Å². The fourth-order valence-corrected chi connectivity index (χ4v) is 3.10. The maximum absolute atomic E-state index is 4.79. The summed E-state index contributed by atoms with van der Waals surface area (Å²) >= 11 is 0. The molecule has 0 aliphatic rings. The second-order valence-corrected chi connectivity index (χ2v) is 6.62. The highest BCUT2D eigenvalue weighted by atomic mass is 15.3. The summed E-state index contributed by atoms with van der Waals surface area (Å²) in [6.45, 7) is 16.1. The number of likely N-dealkylation sites (N-methyl/N-ethyl adjacent to an activating group) is 1. The first-order valence-corrected chi connectivity index (χ1v) is 9.95. The minimum Gasteiger partial charge on any atom is -0.357 e. The van der Waals surface area contributed by atoms with Crippen molar-refractivity contribution in [1.82, 2.24) is 25.3 Å². The molecule has 1 aromatic carbocycles. The third-order valence-corrected chi connectivity index (χ3v) is 4.60. The zero-order valence-electron chi connectivity index (χ0n) is 17.4. The molecule has 0 aliphatic carbocycles. The minimum absolute atomic E-state index is 0.606. The van der Waals surface area contributed by atoms with Gasteiger partial charge in [-0.3, -0.25) is 0 Å². The van der Waals surface area contributed by atoms with E-state index in [4.69, 9.17) is 4.99 Å². The molecule has 0 atom stereocenters. The van der Waals surface area contributed by atoms with Gasteiger partial charge in [-0.15, -0.1) is 0 Å². The minimum atomic E-state index is 0.606. The highest BCUT2D eigenvalue weighted by Gasteiger charge is 2.09. The van der Waals surface area contributed by atoms with E-state index in [1.54, 1.807) is 0 Å². The number of aromatic nitrogens is 2. The average molecular weight is 371 g/mol. The molecule has 2 aromatic rings. The molecule has 0 amide bonds. The molecule has 148 valence electrons. The van der Waals surface area contributed by atoms with Crippen molar-refractivity contribution >= 4 is 5.96 Å². The molecule has 0 bridgehead atoms. The Labute approximate surface area is 163 Å². The van der Waals surface area contributed by atoms with Gasteiger partial charge in [-0.1, -0.05) is 32.0 Å². The van der Waals surface area contributed by atoms with Crippen LogP contribution in [-0.2, 0) is 6.54 Å². The fourth-order valence-electron chi connectivity index (χ4n) is 3.10. The number of nitrogens with zero attached hydrogens (tertiary/aromatic N) is 4. The van der Waals surface area contributed by atoms with Gasteiger partial charge < -0.3 is 15.5 Å². The zero-order valence-corrected chi connectivity index (χ0v) is 17.4. The van der Waals surface area contributed by atoms with Crippen LogP contribution >= 0.6 is 0 Å². The zero-order chi connectivity index (χ0) is 19.6. The van der Waals surface area contributed by atoms with Crippen molar-refractivity contribution in [2.45, 2.75) is 41.2 Å². The lowest BCUT2D eigenvalue weighted by molar-refractivity contribution is 0.308. The topological polar surface area (TPSA) is 57.5 Å². The molecular formula is C21H34N6. The van der Waals surface area contributed by atoms with E-state index in [1.807, 2.05) is 17.7 Å². The number of rotatable bonds is 9. The number of aryl methyl sites for hydroxylation is 2. The standard InChI is InChI=1S/C21H34N6/c1-6-22-21(23-13-14-26(7-2)8-3)24-16-19-11-9-10-12-20(19)27-18(5)15-17(4)25-27/h9-12,15H,6-8,13-14,16H2,1-5H3,(H2,22,23,24). The average Bonchev–Trinajstić information content (AvgIpc) is 3.01. The molecule has 0 aliphatic heterocycles. The summed E-state index contributed by atoms with van der Waals surface area (Å²) in [6, 6.07) is 10.4. The normalized spacial score (nSPS) is 11.9. The molecule has 0 saturated heterocycles. The number of benzene rings is 1. The SMILES string of the molecule is CCNC(=NCc1ccccc1-n1nc(C)cc1C)NCCN(CC)CC. The van der Waals surface area contributed by atoms with Gasteiger partial charge in [-0.05, 0) is 51.6 Å². The molecule has 0 spiro atoms. The number of hydrogen-bond acceptors (Lipinski definition) is 3. The van der Waals surface area contributed by atoms with Gasteiger partial charge in [0.15, 0.2) is 5.96 Å². The van der Waals surface area contributed by atoms with E-state index in [0.717, 1.165) is 61.3 Å². The predicted octanol–water partition coefficient (Wildman–Crippen LogP) is 2.89. The Balaban J connectivity index is 2.10. The molecule has 0 unspecified atom stereocenters. The Morgan fingerprint density at radius 2 is 1.85 bits per heavy atom. The molecule has 2 rings (SSSR count). The first-order valence-electron chi connectivity index (χ1n) is 9.95. The van der Waals surface area contributed by atoms with Crippen LogP contribution < -0.4 is 10.6 Å². The molecule has 0 fully saturated rings. The predicted molar refractivity (Wildman–Crippen MR) is 114 cm³/mol. The van der Waals surface area contributed by atoms with E-state index in [1.165, 1.54) is 0 Å². The van der Waals surface area contributed by atoms with Crippen LogP contribution in [0.4, 0.5) is 0 Å². The molecule has 0 saturated carbocycles. The Morgan fingerprint density at radius 3 is 2.48 bits per heavy atom. The van der Waals surface area contributed by atoms with Crippen molar-refractivity contribution < 1.29 is 0 Å². The Kier molecular flexibility index (Phi) is 8.33. The van der Waals surface area contributed by atoms with Crippen LogP contribution in [0.25, 0.3) is 5.69 Å². The first-order chi connectivity index (χ1) is 13.1. The maximum Gasteiger partial charge on any atom is 0.191 e. The Hall–Kier alpha value is -2.34. The Morgan fingerprint density at radius 1 is 1.11 bits per heavy atom. The van der Waals surface area contributed by atoms with Gasteiger partial charge in [-0.2, -0.15) is 5.10 Å². The van der Waals surface area contributed by atoms with Crippen LogP contribution in [0.15, 0.2) is 35.3 Å². The van der Waals surface area contributed by atoms with Gasteiger partial charge in [0, 0.05) is 25.3 Å². The highest BCUT2D eigenvalue weighted by molar-refractivity contribution is 5.79. The van der Waals surface area contributed by atoms with Crippen molar-refractivity contribution in [2.24, 2.45) is 4.99 Å². The van der Waals surface area contributed by atoms with Crippen molar-refractivity contribution in [2.75, 3.05) is 32.7 Å². The quantitative estimate of drug-likeness (QED) is 0.526. The number of para-hydroxylation sites is 1. The van der Waals surface area contributed by atoms with Crippen LogP contribution in [0.1, 0.15) is 37.7 Å². The summed E-state index contributed by atoms with van der Waals surface area (Å²) in [6.07, 6.45) is 0. The largest absolute Gasteiger partial charge is 0.357 e.